The van der Waals surface area contributed by atoms with Gasteiger partial charge in [-0.3, -0.25) is 9.59 Å². The lowest BCUT2D eigenvalue weighted by Crippen LogP contribution is -2.35. The van der Waals surface area contributed by atoms with E-state index in [1.54, 1.807) is 12.3 Å². The van der Waals surface area contributed by atoms with Crippen LogP contribution in [-0.4, -0.2) is 46.8 Å². The predicted octanol–water partition coefficient (Wildman–Crippen LogP) is 2.02. The molecule has 0 aliphatic carbocycles. The van der Waals surface area contributed by atoms with Crippen LogP contribution in [0.5, 0.6) is 0 Å². The van der Waals surface area contributed by atoms with Gasteiger partial charge < -0.3 is 10.2 Å². The number of hydrogen-bond acceptors (Lipinski definition) is 4. The van der Waals surface area contributed by atoms with Gasteiger partial charge in [0.25, 0.3) is 5.56 Å². The summed E-state index contributed by atoms with van der Waals surface area (Å²) in [5, 5.41) is 8.37. The van der Waals surface area contributed by atoms with E-state index < -0.39 is 0 Å². The van der Waals surface area contributed by atoms with Crippen LogP contribution in [0.4, 0.5) is 0 Å². The molecule has 6 nitrogen and oxygen atoms in total. The number of hydrogen-bond donors (Lipinski definition) is 1. The summed E-state index contributed by atoms with van der Waals surface area (Å²) in [5.74, 6) is 0.694. The van der Waals surface area contributed by atoms with E-state index in [-0.39, 0.29) is 18.0 Å². The summed E-state index contributed by atoms with van der Waals surface area (Å²) in [4.78, 5) is 26.9. The maximum absolute atomic E-state index is 12.4. The van der Waals surface area contributed by atoms with Crippen LogP contribution in [0.1, 0.15) is 32.6 Å². The average molecular weight is 356 g/mol. The van der Waals surface area contributed by atoms with E-state index in [0.717, 1.165) is 30.7 Å². The smallest absolute Gasteiger partial charge is 0.275 e. The quantitative estimate of drug-likeness (QED) is 0.771. The molecule has 2 aromatic rings. The largest absolute Gasteiger partial charge is 0.354 e. The van der Waals surface area contributed by atoms with Crippen LogP contribution >= 0.6 is 0 Å². The summed E-state index contributed by atoms with van der Waals surface area (Å²) in [5.41, 5.74) is -0.224. The summed E-state index contributed by atoms with van der Waals surface area (Å²) in [6, 6.07) is 7.29. The summed E-state index contributed by atoms with van der Waals surface area (Å²) in [7, 11) is 0. The van der Waals surface area contributed by atoms with Crippen molar-refractivity contribution in [1.29, 1.82) is 0 Å². The number of carbonyl (C=O) groups excluding carboxylic acids is 1. The number of carbonyl (C=O) groups is 1. The Labute approximate surface area is 154 Å². The maximum Gasteiger partial charge on any atom is 0.275 e. The van der Waals surface area contributed by atoms with Crippen LogP contribution in [0.2, 0.25) is 0 Å². The van der Waals surface area contributed by atoms with Crippen molar-refractivity contribution >= 4 is 16.7 Å². The minimum Gasteiger partial charge on any atom is -0.354 e. The van der Waals surface area contributed by atoms with Crippen molar-refractivity contribution in [3.05, 3.63) is 40.8 Å². The van der Waals surface area contributed by atoms with Gasteiger partial charge in [-0.2, -0.15) is 5.10 Å². The van der Waals surface area contributed by atoms with Gasteiger partial charge in [-0.15, -0.1) is 0 Å². The fraction of sp³-hybridized carbons (Fsp3) is 0.550. The molecule has 1 aromatic carbocycles. The molecule has 140 valence electrons. The molecule has 0 saturated carbocycles. The molecule has 26 heavy (non-hydrogen) atoms. The molecule has 1 fully saturated rings. The average Bonchev–Trinajstić information content (AvgIpc) is 2.65. The molecule has 0 unspecified atom stereocenters. The lowest BCUT2D eigenvalue weighted by molar-refractivity contribution is -0.121. The molecule has 3 rings (SSSR count). The third-order valence-electron chi connectivity index (χ3n) is 5.15. The highest BCUT2D eigenvalue weighted by Gasteiger charge is 2.14. The summed E-state index contributed by atoms with van der Waals surface area (Å²) >= 11 is 0. The Morgan fingerprint density at radius 1 is 1.23 bits per heavy atom. The van der Waals surface area contributed by atoms with Crippen LogP contribution in [-0.2, 0) is 11.3 Å². The molecular formula is C20H28N4O2. The molecule has 1 aliphatic rings. The van der Waals surface area contributed by atoms with Crippen molar-refractivity contribution in [2.45, 2.75) is 39.2 Å². The van der Waals surface area contributed by atoms with Crippen molar-refractivity contribution in [3.63, 3.8) is 0 Å². The Hall–Kier alpha value is -2.21. The zero-order valence-electron chi connectivity index (χ0n) is 15.5. The van der Waals surface area contributed by atoms with Crippen LogP contribution in [0.25, 0.3) is 10.8 Å². The highest BCUT2D eigenvalue weighted by Crippen LogP contribution is 2.16. The Kier molecular flexibility index (Phi) is 6.39. The SMILES string of the molecule is CC1CCN(CCCCNC(=O)Cn2ncc3ccccc3c2=O)CC1. The normalized spacial score (nSPS) is 16.0. The Bertz CT molecular complexity index is 794. The molecule has 2 heterocycles. The number of aromatic nitrogens is 2. The number of benzene rings is 1. The topological polar surface area (TPSA) is 67.2 Å². The van der Waals surface area contributed by atoms with E-state index in [0.29, 0.717) is 11.9 Å². The number of rotatable bonds is 7. The van der Waals surface area contributed by atoms with Gasteiger partial charge in [-0.1, -0.05) is 25.1 Å². The van der Waals surface area contributed by atoms with E-state index in [1.807, 2.05) is 18.2 Å². The minimum atomic E-state index is -0.224. The van der Waals surface area contributed by atoms with Crippen LogP contribution < -0.4 is 10.9 Å². The standard InChI is InChI=1S/C20H28N4O2/c1-16-8-12-23(13-9-16)11-5-4-10-21-19(25)15-24-20(26)18-7-3-2-6-17(18)14-22-24/h2-3,6-7,14,16H,4-5,8-13,15H2,1H3,(H,21,25). The number of nitrogens with one attached hydrogen (secondary N) is 1. The van der Waals surface area contributed by atoms with Crippen molar-refractivity contribution in [3.8, 4) is 0 Å². The molecule has 0 atom stereocenters. The van der Waals surface area contributed by atoms with Crippen LogP contribution in [0.3, 0.4) is 0 Å². The second kappa shape index (κ2) is 8.94. The van der Waals surface area contributed by atoms with Crippen molar-refractivity contribution in [2.24, 2.45) is 5.92 Å². The first-order valence-corrected chi connectivity index (χ1v) is 9.57. The first-order chi connectivity index (χ1) is 12.6. The fourth-order valence-electron chi connectivity index (χ4n) is 3.41. The van der Waals surface area contributed by atoms with Crippen molar-refractivity contribution in [2.75, 3.05) is 26.2 Å². The van der Waals surface area contributed by atoms with Gasteiger partial charge in [0.1, 0.15) is 6.54 Å². The molecule has 1 aromatic heterocycles. The van der Waals surface area contributed by atoms with E-state index in [4.69, 9.17) is 0 Å². The molecule has 1 saturated heterocycles. The van der Waals surface area contributed by atoms with Crippen molar-refractivity contribution < 1.29 is 4.79 Å². The van der Waals surface area contributed by atoms with Gasteiger partial charge in [0.15, 0.2) is 0 Å². The van der Waals surface area contributed by atoms with E-state index in [9.17, 15) is 9.59 Å². The second-order valence-electron chi connectivity index (χ2n) is 7.28. The lowest BCUT2D eigenvalue weighted by atomic mass is 9.99. The number of nitrogens with zero attached hydrogens (tertiary/aromatic N) is 3. The second-order valence-corrected chi connectivity index (χ2v) is 7.28. The summed E-state index contributed by atoms with van der Waals surface area (Å²) in [6.45, 7) is 6.43. The van der Waals surface area contributed by atoms with E-state index in [2.05, 4.69) is 22.2 Å². The molecule has 1 amide bonds. The maximum atomic E-state index is 12.4. The number of likely N-dealkylation sites (tertiary alicyclic amines) is 1. The van der Waals surface area contributed by atoms with E-state index >= 15 is 0 Å². The van der Waals surface area contributed by atoms with Gasteiger partial charge in [0, 0.05) is 11.9 Å². The highest BCUT2D eigenvalue weighted by molar-refractivity contribution is 5.81. The molecule has 1 N–H and O–H groups in total. The van der Waals surface area contributed by atoms with Crippen LogP contribution in [0, 0.1) is 5.92 Å². The van der Waals surface area contributed by atoms with Gasteiger partial charge in [-0.25, -0.2) is 4.68 Å². The molecule has 0 bridgehead atoms. The number of piperidine rings is 1. The molecule has 6 heteroatoms. The summed E-state index contributed by atoms with van der Waals surface area (Å²) < 4.78 is 1.23. The molecule has 1 aliphatic heterocycles. The highest BCUT2D eigenvalue weighted by atomic mass is 16.2. The van der Waals surface area contributed by atoms with Gasteiger partial charge in [-0.05, 0) is 57.3 Å². The zero-order chi connectivity index (χ0) is 18.4. The zero-order valence-corrected chi connectivity index (χ0v) is 15.5. The fourth-order valence-corrected chi connectivity index (χ4v) is 3.41. The van der Waals surface area contributed by atoms with Gasteiger partial charge >= 0.3 is 0 Å². The van der Waals surface area contributed by atoms with Gasteiger partial charge in [0.05, 0.1) is 11.6 Å². The van der Waals surface area contributed by atoms with Crippen LogP contribution in [0.15, 0.2) is 35.3 Å². The first-order valence-electron chi connectivity index (χ1n) is 9.57. The van der Waals surface area contributed by atoms with Gasteiger partial charge in [0.2, 0.25) is 5.91 Å². The van der Waals surface area contributed by atoms with Crippen molar-refractivity contribution in [1.82, 2.24) is 20.0 Å². The lowest BCUT2D eigenvalue weighted by Gasteiger charge is -2.30. The third-order valence-corrected chi connectivity index (χ3v) is 5.15. The molecular weight excluding hydrogens is 328 g/mol. The Morgan fingerprint density at radius 3 is 2.81 bits per heavy atom. The number of unbranched alkanes of at least 4 members (excludes halogenated alkanes) is 1. The monoisotopic (exact) mass is 356 g/mol. The summed E-state index contributed by atoms with van der Waals surface area (Å²) in [6.07, 6.45) is 6.26. The predicted molar refractivity (Wildman–Crippen MR) is 103 cm³/mol. The Morgan fingerprint density at radius 2 is 2.00 bits per heavy atom. The number of fused-ring (bicyclic) bond motifs is 1. The number of amides is 1. The minimum absolute atomic E-state index is 0.0340. The molecule has 0 radical (unpaired) electrons. The first kappa shape index (κ1) is 18.6. The Balaban J connectivity index is 1.39. The molecule has 0 spiro atoms. The van der Waals surface area contributed by atoms with E-state index in [1.165, 1.54) is 30.6 Å². The third kappa shape index (κ3) is 4.91.